The second-order valence-corrected chi connectivity index (χ2v) is 5.80. The molecule has 16 heavy (non-hydrogen) atoms. The lowest BCUT2D eigenvalue weighted by atomic mass is 9.66. The second-order valence-electron chi connectivity index (χ2n) is 5.80. The van der Waals surface area contributed by atoms with Crippen LogP contribution in [-0.4, -0.2) is 41.1 Å². The number of carbonyl (C=O) groups is 1. The predicted octanol–water partition coefficient (Wildman–Crippen LogP) is 0.489. The summed E-state index contributed by atoms with van der Waals surface area (Å²) in [7, 11) is 0. The summed E-state index contributed by atoms with van der Waals surface area (Å²) in [5.41, 5.74) is 5.13. The van der Waals surface area contributed by atoms with E-state index in [9.17, 15) is 9.90 Å². The zero-order valence-electron chi connectivity index (χ0n) is 10.0. The van der Waals surface area contributed by atoms with Crippen molar-refractivity contribution in [1.82, 2.24) is 4.90 Å². The molecule has 4 heteroatoms. The SMILES string of the molecule is CC1(O)CCN(C(=O)CC2(CN)CCC2)C1. The van der Waals surface area contributed by atoms with Crippen LogP contribution in [-0.2, 0) is 4.79 Å². The summed E-state index contributed by atoms with van der Waals surface area (Å²) in [6.07, 6.45) is 4.62. The first kappa shape index (κ1) is 11.9. The van der Waals surface area contributed by atoms with Crippen LogP contribution in [0.3, 0.4) is 0 Å². The number of carbonyl (C=O) groups excluding carboxylic acids is 1. The summed E-state index contributed by atoms with van der Waals surface area (Å²) in [5, 5.41) is 9.82. The van der Waals surface area contributed by atoms with E-state index in [1.54, 1.807) is 11.8 Å². The van der Waals surface area contributed by atoms with Gasteiger partial charge in [0.05, 0.1) is 5.60 Å². The van der Waals surface area contributed by atoms with Gasteiger partial charge in [0.25, 0.3) is 0 Å². The largest absolute Gasteiger partial charge is 0.388 e. The Bertz CT molecular complexity index is 279. The number of rotatable bonds is 3. The molecule has 1 saturated carbocycles. The Morgan fingerprint density at radius 1 is 1.44 bits per heavy atom. The van der Waals surface area contributed by atoms with Crippen LogP contribution in [0.4, 0.5) is 0 Å². The number of amides is 1. The van der Waals surface area contributed by atoms with Gasteiger partial charge in [0, 0.05) is 19.5 Å². The molecule has 2 aliphatic rings. The Morgan fingerprint density at radius 2 is 2.12 bits per heavy atom. The Kier molecular flexibility index (Phi) is 2.97. The van der Waals surface area contributed by atoms with Gasteiger partial charge < -0.3 is 15.7 Å². The molecular weight excluding hydrogens is 204 g/mol. The summed E-state index contributed by atoms with van der Waals surface area (Å²) in [5.74, 6) is 0.169. The zero-order valence-corrected chi connectivity index (χ0v) is 10.0. The molecular formula is C12H22N2O2. The molecule has 1 heterocycles. The maximum Gasteiger partial charge on any atom is 0.223 e. The third kappa shape index (κ3) is 2.23. The van der Waals surface area contributed by atoms with Gasteiger partial charge >= 0.3 is 0 Å². The van der Waals surface area contributed by atoms with Crippen molar-refractivity contribution in [2.75, 3.05) is 19.6 Å². The maximum absolute atomic E-state index is 12.1. The molecule has 4 nitrogen and oxygen atoms in total. The Balaban J connectivity index is 1.89. The lowest BCUT2D eigenvalue weighted by molar-refractivity contribution is -0.134. The highest BCUT2D eigenvalue weighted by atomic mass is 16.3. The molecule has 0 spiro atoms. The highest BCUT2D eigenvalue weighted by molar-refractivity contribution is 5.77. The third-order valence-corrected chi connectivity index (χ3v) is 4.18. The molecule has 3 N–H and O–H groups in total. The number of β-amino-alcohol motifs (C(OH)–C–C–N with tert-alkyl or cyclic N) is 1. The molecule has 1 aliphatic heterocycles. The van der Waals surface area contributed by atoms with Crippen molar-refractivity contribution in [3.05, 3.63) is 0 Å². The van der Waals surface area contributed by atoms with E-state index >= 15 is 0 Å². The van der Waals surface area contributed by atoms with Crippen molar-refractivity contribution >= 4 is 5.91 Å². The first-order chi connectivity index (χ1) is 7.46. The lowest BCUT2D eigenvalue weighted by Crippen LogP contribution is -2.43. The predicted molar refractivity (Wildman–Crippen MR) is 61.8 cm³/mol. The van der Waals surface area contributed by atoms with Gasteiger partial charge in [-0.15, -0.1) is 0 Å². The molecule has 2 fully saturated rings. The van der Waals surface area contributed by atoms with Crippen LogP contribution in [0.2, 0.25) is 0 Å². The van der Waals surface area contributed by atoms with Crippen LogP contribution in [0.25, 0.3) is 0 Å². The van der Waals surface area contributed by atoms with E-state index in [4.69, 9.17) is 5.73 Å². The van der Waals surface area contributed by atoms with E-state index in [2.05, 4.69) is 0 Å². The monoisotopic (exact) mass is 226 g/mol. The lowest BCUT2D eigenvalue weighted by Gasteiger charge is -2.41. The van der Waals surface area contributed by atoms with Crippen molar-refractivity contribution in [1.29, 1.82) is 0 Å². The Labute approximate surface area is 96.8 Å². The van der Waals surface area contributed by atoms with Crippen LogP contribution in [0.1, 0.15) is 39.0 Å². The highest BCUT2D eigenvalue weighted by Gasteiger charge is 2.41. The molecule has 92 valence electrons. The highest BCUT2D eigenvalue weighted by Crippen LogP contribution is 2.43. The number of aliphatic hydroxyl groups is 1. The fourth-order valence-corrected chi connectivity index (χ4v) is 2.72. The van der Waals surface area contributed by atoms with Crippen molar-refractivity contribution < 1.29 is 9.90 Å². The van der Waals surface area contributed by atoms with E-state index in [1.165, 1.54) is 6.42 Å². The normalized spacial score (nSPS) is 32.6. The van der Waals surface area contributed by atoms with E-state index in [1.807, 2.05) is 0 Å². The summed E-state index contributed by atoms with van der Waals surface area (Å²) < 4.78 is 0. The molecule has 1 aliphatic carbocycles. The first-order valence-electron chi connectivity index (χ1n) is 6.17. The van der Waals surface area contributed by atoms with Crippen LogP contribution in [0.5, 0.6) is 0 Å². The average Bonchev–Trinajstić information content (AvgIpc) is 2.52. The van der Waals surface area contributed by atoms with Crippen LogP contribution >= 0.6 is 0 Å². The molecule has 0 aromatic rings. The molecule has 1 unspecified atom stereocenters. The molecule has 2 rings (SSSR count). The topological polar surface area (TPSA) is 66.6 Å². The molecule has 1 saturated heterocycles. The molecule has 0 aromatic carbocycles. The summed E-state index contributed by atoms with van der Waals surface area (Å²) in [6, 6.07) is 0. The zero-order chi connectivity index (χ0) is 11.8. The van der Waals surface area contributed by atoms with Gasteiger partial charge in [0.1, 0.15) is 0 Å². The van der Waals surface area contributed by atoms with Crippen LogP contribution in [0, 0.1) is 5.41 Å². The standard InChI is InChI=1S/C12H22N2O2/c1-11(16)5-6-14(9-11)10(15)7-12(8-13)3-2-4-12/h16H,2-9,13H2,1H3. The van der Waals surface area contributed by atoms with Crippen molar-refractivity contribution in [3.63, 3.8) is 0 Å². The van der Waals surface area contributed by atoms with Gasteiger partial charge in [-0.1, -0.05) is 6.42 Å². The number of hydrogen-bond donors (Lipinski definition) is 2. The summed E-state index contributed by atoms with van der Waals surface area (Å²) >= 11 is 0. The van der Waals surface area contributed by atoms with Gasteiger partial charge in [-0.3, -0.25) is 4.79 Å². The van der Waals surface area contributed by atoms with Crippen molar-refractivity contribution in [2.24, 2.45) is 11.1 Å². The summed E-state index contributed by atoms with van der Waals surface area (Å²) in [6.45, 7) is 3.57. The minimum Gasteiger partial charge on any atom is -0.388 e. The first-order valence-corrected chi connectivity index (χ1v) is 6.17. The number of nitrogens with two attached hydrogens (primary N) is 1. The van der Waals surface area contributed by atoms with E-state index in [-0.39, 0.29) is 11.3 Å². The quantitative estimate of drug-likeness (QED) is 0.736. The van der Waals surface area contributed by atoms with Crippen LogP contribution in [0.15, 0.2) is 0 Å². The third-order valence-electron chi connectivity index (χ3n) is 4.18. The molecule has 0 aromatic heterocycles. The fraction of sp³-hybridized carbons (Fsp3) is 0.917. The van der Waals surface area contributed by atoms with E-state index < -0.39 is 5.60 Å². The minimum absolute atomic E-state index is 0.0749. The molecule has 0 radical (unpaired) electrons. The summed E-state index contributed by atoms with van der Waals surface area (Å²) in [4.78, 5) is 13.8. The Hall–Kier alpha value is -0.610. The number of nitrogens with zero attached hydrogens (tertiary/aromatic N) is 1. The molecule has 1 amide bonds. The van der Waals surface area contributed by atoms with Crippen LogP contribution < -0.4 is 5.73 Å². The smallest absolute Gasteiger partial charge is 0.223 e. The minimum atomic E-state index is -0.689. The van der Waals surface area contributed by atoms with Crippen molar-refractivity contribution in [2.45, 2.75) is 44.6 Å². The number of likely N-dealkylation sites (tertiary alicyclic amines) is 1. The number of hydrogen-bond acceptors (Lipinski definition) is 3. The molecule has 1 atom stereocenters. The van der Waals surface area contributed by atoms with E-state index in [0.29, 0.717) is 32.5 Å². The average molecular weight is 226 g/mol. The maximum atomic E-state index is 12.1. The van der Waals surface area contributed by atoms with Gasteiger partial charge in [0.2, 0.25) is 5.91 Å². The fourth-order valence-electron chi connectivity index (χ4n) is 2.72. The van der Waals surface area contributed by atoms with Crippen molar-refractivity contribution in [3.8, 4) is 0 Å². The van der Waals surface area contributed by atoms with Gasteiger partial charge in [0.15, 0.2) is 0 Å². The van der Waals surface area contributed by atoms with Gasteiger partial charge in [-0.25, -0.2) is 0 Å². The second kappa shape index (κ2) is 4.00. The Morgan fingerprint density at radius 3 is 2.50 bits per heavy atom. The van der Waals surface area contributed by atoms with Gasteiger partial charge in [-0.05, 0) is 38.1 Å². The van der Waals surface area contributed by atoms with E-state index in [0.717, 1.165) is 12.8 Å². The van der Waals surface area contributed by atoms with Gasteiger partial charge in [-0.2, -0.15) is 0 Å². The molecule has 0 bridgehead atoms.